The molecular formula is C13H16N2O4. The lowest BCUT2D eigenvalue weighted by molar-refractivity contribution is -0.0228. The van der Waals surface area contributed by atoms with Crippen molar-refractivity contribution in [3.8, 4) is 0 Å². The van der Waals surface area contributed by atoms with E-state index in [0.717, 1.165) is 6.42 Å². The van der Waals surface area contributed by atoms with Gasteiger partial charge in [-0.2, -0.15) is 0 Å². The smallest absolute Gasteiger partial charge is 0.338 e. The molecular weight excluding hydrogens is 248 g/mol. The molecule has 1 aromatic rings. The van der Waals surface area contributed by atoms with Crippen molar-refractivity contribution < 1.29 is 19.4 Å². The predicted octanol–water partition coefficient (Wildman–Crippen LogP) is 1.03. The molecule has 1 aromatic heterocycles. The van der Waals surface area contributed by atoms with E-state index in [0.29, 0.717) is 19.7 Å². The summed E-state index contributed by atoms with van der Waals surface area (Å²) < 4.78 is 5.49. The van der Waals surface area contributed by atoms with Gasteiger partial charge < -0.3 is 14.7 Å². The van der Waals surface area contributed by atoms with Gasteiger partial charge in [0.25, 0.3) is 5.91 Å². The second-order valence-corrected chi connectivity index (χ2v) is 4.36. The van der Waals surface area contributed by atoms with E-state index in [9.17, 15) is 9.59 Å². The van der Waals surface area contributed by atoms with E-state index in [4.69, 9.17) is 9.84 Å². The number of aromatic nitrogens is 1. The topological polar surface area (TPSA) is 79.7 Å². The van der Waals surface area contributed by atoms with E-state index >= 15 is 0 Å². The van der Waals surface area contributed by atoms with Crippen LogP contribution in [0.25, 0.3) is 0 Å². The second kappa shape index (κ2) is 5.79. The zero-order valence-corrected chi connectivity index (χ0v) is 10.7. The van der Waals surface area contributed by atoms with Gasteiger partial charge in [-0.05, 0) is 18.6 Å². The lowest BCUT2D eigenvalue weighted by atomic mass is 10.1. The normalized spacial score (nSPS) is 19.2. The third-order valence-electron chi connectivity index (χ3n) is 3.12. The molecule has 1 aliphatic heterocycles. The van der Waals surface area contributed by atoms with Crippen LogP contribution in [0.15, 0.2) is 18.3 Å². The van der Waals surface area contributed by atoms with Crippen molar-refractivity contribution in [2.24, 2.45) is 0 Å². The molecule has 1 aliphatic rings. The second-order valence-electron chi connectivity index (χ2n) is 4.36. The van der Waals surface area contributed by atoms with Crippen molar-refractivity contribution in [2.75, 3.05) is 19.7 Å². The van der Waals surface area contributed by atoms with E-state index in [2.05, 4.69) is 4.98 Å². The number of hydrogen-bond acceptors (Lipinski definition) is 4. The van der Waals surface area contributed by atoms with Crippen molar-refractivity contribution >= 4 is 11.9 Å². The van der Waals surface area contributed by atoms with Crippen LogP contribution in [-0.2, 0) is 4.74 Å². The number of morpholine rings is 1. The quantitative estimate of drug-likeness (QED) is 0.882. The molecule has 0 bridgehead atoms. The minimum atomic E-state index is -1.14. The molecule has 1 fully saturated rings. The molecule has 0 aromatic carbocycles. The van der Waals surface area contributed by atoms with Crippen LogP contribution >= 0.6 is 0 Å². The number of carboxylic acid groups (broad SMARTS) is 1. The Kier molecular flexibility index (Phi) is 4.11. The summed E-state index contributed by atoms with van der Waals surface area (Å²) in [6.07, 6.45) is 2.25. The molecule has 1 amide bonds. The summed E-state index contributed by atoms with van der Waals surface area (Å²) in [6, 6.07) is 2.90. The Hall–Kier alpha value is -1.95. The zero-order chi connectivity index (χ0) is 13.8. The van der Waals surface area contributed by atoms with Crippen molar-refractivity contribution in [2.45, 2.75) is 19.4 Å². The molecule has 2 heterocycles. The first kappa shape index (κ1) is 13.5. The highest BCUT2D eigenvalue weighted by Crippen LogP contribution is 2.14. The largest absolute Gasteiger partial charge is 0.478 e. The molecule has 0 radical (unpaired) electrons. The first-order valence-corrected chi connectivity index (χ1v) is 6.22. The van der Waals surface area contributed by atoms with Crippen LogP contribution in [0.5, 0.6) is 0 Å². The Morgan fingerprint density at radius 3 is 3.05 bits per heavy atom. The van der Waals surface area contributed by atoms with Crippen LogP contribution in [0.4, 0.5) is 0 Å². The average molecular weight is 264 g/mol. The van der Waals surface area contributed by atoms with Crippen molar-refractivity contribution in [1.29, 1.82) is 0 Å². The van der Waals surface area contributed by atoms with Crippen LogP contribution in [0, 0.1) is 0 Å². The number of carbonyl (C=O) groups excluding carboxylic acids is 1. The lowest BCUT2D eigenvalue weighted by Crippen LogP contribution is -2.46. The number of aromatic carboxylic acids is 1. The van der Waals surface area contributed by atoms with Gasteiger partial charge in [0.05, 0.1) is 18.3 Å². The van der Waals surface area contributed by atoms with E-state index in [1.165, 1.54) is 18.3 Å². The minimum Gasteiger partial charge on any atom is -0.478 e. The van der Waals surface area contributed by atoms with Gasteiger partial charge in [0.1, 0.15) is 5.69 Å². The SMILES string of the molecule is CCC1CN(C(=O)c2ncccc2C(=O)O)CCO1. The summed E-state index contributed by atoms with van der Waals surface area (Å²) in [6.45, 7) is 3.40. The number of hydrogen-bond donors (Lipinski definition) is 1. The Balaban J connectivity index is 2.22. The highest BCUT2D eigenvalue weighted by molar-refractivity contribution is 6.03. The summed E-state index contributed by atoms with van der Waals surface area (Å²) in [5.74, 6) is -1.49. The molecule has 1 N–H and O–H groups in total. The van der Waals surface area contributed by atoms with Crippen molar-refractivity contribution in [3.05, 3.63) is 29.6 Å². The lowest BCUT2D eigenvalue weighted by Gasteiger charge is -2.32. The number of ether oxygens (including phenoxy) is 1. The van der Waals surface area contributed by atoms with E-state index in [1.54, 1.807) is 4.90 Å². The average Bonchev–Trinajstić information content (AvgIpc) is 2.46. The van der Waals surface area contributed by atoms with Crippen LogP contribution in [-0.4, -0.2) is 52.7 Å². The van der Waals surface area contributed by atoms with E-state index < -0.39 is 5.97 Å². The number of carbonyl (C=O) groups is 2. The van der Waals surface area contributed by atoms with Crippen LogP contribution in [0.1, 0.15) is 34.2 Å². The van der Waals surface area contributed by atoms with Crippen LogP contribution in [0.3, 0.4) is 0 Å². The first-order chi connectivity index (χ1) is 9.13. The fourth-order valence-electron chi connectivity index (χ4n) is 2.05. The third-order valence-corrected chi connectivity index (χ3v) is 3.12. The molecule has 2 rings (SSSR count). The van der Waals surface area contributed by atoms with Gasteiger partial charge in [-0.15, -0.1) is 0 Å². The Morgan fingerprint density at radius 2 is 2.37 bits per heavy atom. The van der Waals surface area contributed by atoms with E-state index in [-0.39, 0.29) is 23.3 Å². The van der Waals surface area contributed by atoms with Gasteiger partial charge in [0.15, 0.2) is 0 Å². The molecule has 1 saturated heterocycles. The predicted molar refractivity (Wildman–Crippen MR) is 67.1 cm³/mol. The molecule has 0 aliphatic carbocycles. The number of pyridine rings is 1. The molecule has 19 heavy (non-hydrogen) atoms. The van der Waals surface area contributed by atoms with Gasteiger partial charge in [-0.1, -0.05) is 6.92 Å². The van der Waals surface area contributed by atoms with Gasteiger partial charge in [-0.3, -0.25) is 9.78 Å². The molecule has 102 valence electrons. The number of amides is 1. The highest BCUT2D eigenvalue weighted by atomic mass is 16.5. The molecule has 1 atom stereocenters. The fraction of sp³-hybridized carbons (Fsp3) is 0.462. The van der Waals surface area contributed by atoms with Gasteiger partial charge in [-0.25, -0.2) is 4.79 Å². The highest BCUT2D eigenvalue weighted by Gasteiger charge is 2.27. The number of rotatable bonds is 3. The number of nitrogens with zero attached hydrogens (tertiary/aromatic N) is 2. The summed E-state index contributed by atoms with van der Waals surface area (Å²) in [5.41, 5.74) is -0.0706. The van der Waals surface area contributed by atoms with Crippen molar-refractivity contribution in [3.63, 3.8) is 0 Å². The van der Waals surface area contributed by atoms with Crippen molar-refractivity contribution in [1.82, 2.24) is 9.88 Å². The Bertz CT molecular complexity index is 489. The summed E-state index contributed by atoms with van der Waals surface area (Å²) in [4.78, 5) is 28.9. The van der Waals surface area contributed by atoms with Gasteiger partial charge >= 0.3 is 5.97 Å². The third kappa shape index (κ3) is 2.90. The fourth-order valence-corrected chi connectivity index (χ4v) is 2.05. The monoisotopic (exact) mass is 264 g/mol. The molecule has 0 spiro atoms. The maximum Gasteiger partial charge on any atom is 0.338 e. The van der Waals surface area contributed by atoms with E-state index in [1.807, 2.05) is 6.92 Å². The molecule has 0 saturated carbocycles. The zero-order valence-electron chi connectivity index (χ0n) is 10.7. The Labute approximate surface area is 111 Å². The summed E-state index contributed by atoms with van der Waals surface area (Å²) >= 11 is 0. The van der Waals surface area contributed by atoms with Crippen LogP contribution < -0.4 is 0 Å². The first-order valence-electron chi connectivity index (χ1n) is 6.22. The minimum absolute atomic E-state index is 0.00764. The maximum absolute atomic E-state index is 12.3. The van der Waals surface area contributed by atoms with Gasteiger partial charge in [0, 0.05) is 19.3 Å². The molecule has 1 unspecified atom stereocenters. The summed E-state index contributed by atoms with van der Waals surface area (Å²) in [5, 5.41) is 9.08. The van der Waals surface area contributed by atoms with Gasteiger partial charge in [0.2, 0.25) is 0 Å². The number of carboxylic acids is 1. The molecule has 6 nitrogen and oxygen atoms in total. The summed E-state index contributed by atoms with van der Waals surface area (Å²) in [7, 11) is 0. The van der Waals surface area contributed by atoms with Crippen LogP contribution in [0.2, 0.25) is 0 Å². The molecule has 6 heteroatoms. The Morgan fingerprint density at radius 1 is 1.58 bits per heavy atom. The maximum atomic E-state index is 12.3. The standard InChI is InChI=1S/C13H16N2O4/c1-2-9-8-15(6-7-19-9)12(16)11-10(13(17)18)4-3-5-14-11/h3-5,9H,2,6-8H2,1H3,(H,17,18).